The summed E-state index contributed by atoms with van der Waals surface area (Å²) in [4.78, 5) is 0. The summed E-state index contributed by atoms with van der Waals surface area (Å²) in [6.45, 7) is 1.99. The van der Waals surface area contributed by atoms with Gasteiger partial charge in [0, 0.05) is 6.04 Å². The number of rotatable bonds is 2. The molecule has 3 rings (SSSR count). The third-order valence-electron chi connectivity index (χ3n) is 3.94. The van der Waals surface area contributed by atoms with Crippen molar-refractivity contribution in [3.8, 4) is 11.5 Å². The lowest BCUT2D eigenvalue weighted by Crippen LogP contribution is -2.34. The Kier molecular flexibility index (Phi) is 4.34. The Morgan fingerprint density at radius 1 is 1.20 bits per heavy atom. The van der Waals surface area contributed by atoms with Crippen molar-refractivity contribution in [2.45, 2.75) is 37.8 Å². The van der Waals surface area contributed by atoms with Crippen molar-refractivity contribution >= 4 is 11.6 Å². The first-order chi connectivity index (χ1) is 9.75. The van der Waals surface area contributed by atoms with E-state index in [9.17, 15) is 5.11 Å². The maximum atomic E-state index is 10.6. The van der Waals surface area contributed by atoms with E-state index in [-0.39, 0.29) is 6.04 Å². The van der Waals surface area contributed by atoms with E-state index in [0.717, 1.165) is 24.9 Å². The van der Waals surface area contributed by atoms with Crippen LogP contribution in [0.2, 0.25) is 5.02 Å². The first-order valence-electron chi connectivity index (χ1n) is 7.26. The molecular weight excluding hydrogens is 278 g/mol. The highest BCUT2D eigenvalue weighted by Crippen LogP contribution is 2.40. The summed E-state index contributed by atoms with van der Waals surface area (Å²) in [7, 11) is 0. The van der Waals surface area contributed by atoms with Gasteiger partial charge in [-0.2, -0.15) is 0 Å². The van der Waals surface area contributed by atoms with Crippen molar-refractivity contribution in [1.82, 2.24) is 5.32 Å². The molecule has 0 aliphatic carbocycles. The van der Waals surface area contributed by atoms with E-state index in [4.69, 9.17) is 21.1 Å². The summed E-state index contributed by atoms with van der Waals surface area (Å²) in [5.74, 6) is 1.22. The summed E-state index contributed by atoms with van der Waals surface area (Å²) in [6.07, 6.45) is 3.95. The molecule has 4 nitrogen and oxygen atoms in total. The van der Waals surface area contributed by atoms with Crippen LogP contribution in [0.4, 0.5) is 0 Å². The number of hydrogen-bond donors (Lipinski definition) is 2. The van der Waals surface area contributed by atoms with E-state index >= 15 is 0 Å². The average molecular weight is 298 g/mol. The number of fused-ring (bicyclic) bond motifs is 1. The zero-order chi connectivity index (χ0) is 13.9. The van der Waals surface area contributed by atoms with Crippen LogP contribution in [0, 0.1) is 0 Å². The van der Waals surface area contributed by atoms with Crippen molar-refractivity contribution in [3.63, 3.8) is 0 Å². The molecule has 2 heterocycles. The van der Waals surface area contributed by atoms with Crippen molar-refractivity contribution in [2.24, 2.45) is 0 Å². The minimum atomic E-state index is -0.568. The number of benzene rings is 1. The molecule has 0 saturated carbocycles. The highest BCUT2D eigenvalue weighted by molar-refractivity contribution is 6.32. The van der Waals surface area contributed by atoms with E-state index in [1.807, 2.05) is 6.07 Å². The van der Waals surface area contributed by atoms with Crippen LogP contribution >= 0.6 is 11.6 Å². The SMILES string of the molecule is OC(c1cc(Cl)c2c(c1)OCCO2)C1CCCCCN1. The fraction of sp³-hybridized carbons (Fsp3) is 0.600. The molecule has 2 aliphatic rings. The molecule has 1 aromatic rings. The monoisotopic (exact) mass is 297 g/mol. The molecule has 0 aromatic heterocycles. The van der Waals surface area contributed by atoms with Crippen molar-refractivity contribution in [3.05, 3.63) is 22.7 Å². The zero-order valence-electron chi connectivity index (χ0n) is 11.4. The molecule has 0 bridgehead atoms. The third kappa shape index (κ3) is 2.87. The minimum Gasteiger partial charge on any atom is -0.486 e. The maximum absolute atomic E-state index is 10.6. The summed E-state index contributed by atoms with van der Waals surface area (Å²) >= 11 is 6.23. The van der Waals surface area contributed by atoms with E-state index in [0.29, 0.717) is 29.7 Å². The van der Waals surface area contributed by atoms with Gasteiger partial charge in [-0.15, -0.1) is 0 Å². The Labute approximate surface area is 124 Å². The fourth-order valence-corrected chi connectivity index (χ4v) is 3.13. The van der Waals surface area contributed by atoms with Crippen LogP contribution in [-0.2, 0) is 0 Å². The first-order valence-corrected chi connectivity index (χ1v) is 7.64. The van der Waals surface area contributed by atoms with Gasteiger partial charge in [-0.3, -0.25) is 0 Å². The highest BCUT2D eigenvalue weighted by atomic mass is 35.5. The summed E-state index contributed by atoms with van der Waals surface area (Å²) in [5, 5.41) is 14.5. The van der Waals surface area contributed by atoms with Gasteiger partial charge in [-0.25, -0.2) is 0 Å². The highest BCUT2D eigenvalue weighted by Gasteiger charge is 2.25. The number of aliphatic hydroxyl groups excluding tert-OH is 1. The normalized spacial score (nSPS) is 24.0. The fourth-order valence-electron chi connectivity index (χ4n) is 2.86. The molecule has 1 aromatic carbocycles. The maximum Gasteiger partial charge on any atom is 0.179 e. The van der Waals surface area contributed by atoms with Crippen LogP contribution in [0.1, 0.15) is 37.4 Å². The molecule has 0 spiro atoms. The van der Waals surface area contributed by atoms with Crippen LogP contribution in [0.5, 0.6) is 11.5 Å². The van der Waals surface area contributed by atoms with Crippen molar-refractivity contribution in [1.29, 1.82) is 0 Å². The quantitative estimate of drug-likeness (QED) is 0.881. The number of nitrogens with one attached hydrogen (secondary N) is 1. The molecule has 0 radical (unpaired) electrons. The standard InChI is InChI=1S/C15H20ClNO3/c16-11-8-10(9-13-15(11)20-7-6-19-13)14(18)12-4-2-1-3-5-17-12/h8-9,12,14,17-18H,1-7H2. The number of aliphatic hydroxyl groups is 1. The molecule has 2 atom stereocenters. The average Bonchev–Trinajstić information content (AvgIpc) is 2.75. The summed E-state index contributed by atoms with van der Waals surface area (Å²) < 4.78 is 11.1. The number of hydrogen-bond acceptors (Lipinski definition) is 4. The molecule has 1 saturated heterocycles. The van der Waals surface area contributed by atoms with E-state index in [2.05, 4.69) is 5.32 Å². The topological polar surface area (TPSA) is 50.7 Å². The first kappa shape index (κ1) is 14.0. The second kappa shape index (κ2) is 6.20. The van der Waals surface area contributed by atoms with Crippen molar-refractivity contribution in [2.75, 3.05) is 19.8 Å². The smallest absolute Gasteiger partial charge is 0.179 e. The van der Waals surface area contributed by atoms with Gasteiger partial charge in [-0.05, 0) is 37.1 Å². The van der Waals surface area contributed by atoms with E-state index in [1.54, 1.807) is 6.07 Å². The summed E-state index contributed by atoms with van der Waals surface area (Å²) in [6, 6.07) is 3.71. The minimum absolute atomic E-state index is 0.0797. The van der Waals surface area contributed by atoms with Gasteiger partial charge in [0.15, 0.2) is 11.5 Å². The number of ether oxygens (including phenoxy) is 2. The van der Waals surface area contributed by atoms with Gasteiger partial charge in [0.25, 0.3) is 0 Å². The van der Waals surface area contributed by atoms with Crippen LogP contribution in [-0.4, -0.2) is 30.9 Å². The Hall–Kier alpha value is -0.970. The molecule has 0 amide bonds. The second-order valence-electron chi connectivity index (χ2n) is 5.38. The lowest BCUT2D eigenvalue weighted by atomic mass is 9.98. The Balaban J connectivity index is 1.83. The Morgan fingerprint density at radius 3 is 2.95 bits per heavy atom. The molecule has 2 unspecified atom stereocenters. The molecule has 2 aliphatic heterocycles. The molecule has 20 heavy (non-hydrogen) atoms. The van der Waals surface area contributed by atoms with Gasteiger partial charge in [0.1, 0.15) is 13.2 Å². The van der Waals surface area contributed by atoms with Gasteiger partial charge in [0.05, 0.1) is 11.1 Å². The van der Waals surface area contributed by atoms with Gasteiger partial charge < -0.3 is 19.9 Å². The predicted molar refractivity (Wildman–Crippen MR) is 77.7 cm³/mol. The molecule has 1 fully saturated rings. The Morgan fingerprint density at radius 2 is 2.05 bits per heavy atom. The molecule has 5 heteroatoms. The van der Waals surface area contributed by atoms with Gasteiger partial charge in [0.2, 0.25) is 0 Å². The Bertz CT molecular complexity index is 472. The number of halogens is 1. The van der Waals surface area contributed by atoms with Crippen molar-refractivity contribution < 1.29 is 14.6 Å². The lowest BCUT2D eigenvalue weighted by molar-refractivity contribution is 0.124. The van der Waals surface area contributed by atoms with Crippen LogP contribution in [0.25, 0.3) is 0 Å². The molecular formula is C15H20ClNO3. The molecule has 110 valence electrons. The van der Waals surface area contributed by atoms with E-state index < -0.39 is 6.10 Å². The second-order valence-corrected chi connectivity index (χ2v) is 5.79. The lowest BCUT2D eigenvalue weighted by Gasteiger charge is -2.25. The van der Waals surface area contributed by atoms with Gasteiger partial charge >= 0.3 is 0 Å². The van der Waals surface area contributed by atoms with Crippen LogP contribution in [0.15, 0.2) is 12.1 Å². The summed E-state index contributed by atoms with van der Waals surface area (Å²) in [5.41, 5.74) is 0.790. The van der Waals surface area contributed by atoms with Crippen LogP contribution < -0.4 is 14.8 Å². The molecule has 2 N–H and O–H groups in total. The van der Waals surface area contributed by atoms with Gasteiger partial charge in [-0.1, -0.05) is 24.4 Å². The van der Waals surface area contributed by atoms with Crippen LogP contribution in [0.3, 0.4) is 0 Å². The van der Waals surface area contributed by atoms with E-state index in [1.165, 1.54) is 12.8 Å². The zero-order valence-corrected chi connectivity index (χ0v) is 12.2. The third-order valence-corrected chi connectivity index (χ3v) is 4.22. The predicted octanol–water partition coefficient (Wildman–Crippen LogP) is 2.68. The largest absolute Gasteiger partial charge is 0.486 e.